The molecular weight excluding hydrogens is 113 g/mol. The predicted molar refractivity (Wildman–Crippen MR) is 22.2 cm³/mol. The molecule has 0 spiro atoms. The molecule has 0 aliphatic rings. The van der Waals surface area contributed by atoms with Crippen LogP contribution in [0, 0.1) is 0 Å². The maximum atomic E-state index is 0. The summed E-state index contributed by atoms with van der Waals surface area (Å²) < 4.78 is 0. The Labute approximate surface area is 68.8 Å². The summed E-state index contributed by atoms with van der Waals surface area (Å²) in [6.45, 7) is 0. The van der Waals surface area contributed by atoms with Crippen molar-refractivity contribution in [2.24, 2.45) is 0 Å². The van der Waals surface area contributed by atoms with Gasteiger partial charge in [0.05, 0.1) is 0 Å². The van der Waals surface area contributed by atoms with Crippen LogP contribution in [0.25, 0.3) is 0 Å². The number of hydrogen-bond acceptors (Lipinski definition) is 0. The van der Waals surface area contributed by atoms with Gasteiger partial charge in [-0.05, 0) is 0 Å². The molecule has 4 heteroatoms. The fourth-order valence-corrected chi connectivity index (χ4v) is 0. The van der Waals surface area contributed by atoms with Crippen molar-refractivity contribution in [3.63, 3.8) is 0 Å². The van der Waals surface area contributed by atoms with E-state index in [-0.39, 0.29) is 69.3 Å². The zero-order valence-corrected chi connectivity index (χ0v) is 5.18. The first-order valence-electron chi connectivity index (χ1n) is 0. The van der Waals surface area contributed by atoms with E-state index in [0.717, 1.165) is 0 Å². The minimum Gasteiger partial charge on any atom is -1.00 e. The summed E-state index contributed by atoms with van der Waals surface area (Å²) in [6.07, 6.45) is 0. The third kappa shape index (κ3) is 8.86. The predicted octanol–water partition coefficient (Wildman–Crippen LogP) is -4.01. The van der Waals surface area contributed by atoms with Crippen LogP contribution in [0.4, 0.5) is 0 Å². The molecule has 0 amide bonds. The van der Waals surface area contributed by atoms with Crippen molar-refractivity contribution >= 4 is 27.3 Å². The fourth-order valence-electron chi connectivity index (χ4n) is 0. The molecule has 1 unspecified atom stereocenters. The van der Waals surface area contributed by atoms with E-state index in [0.29, 0.717) is 0 Å². The van der Waals surface area contributed by atoms with Gasteiger partial charge in [0.2, 0.25) is 0 Å². The second kappa shape index (κ2) is 18.6. The molecular formula is H7AlLiPTi. The molecule has 0 aromatic heterocycles. The number of hydrogen-bond donors (Lipinski definition) is 0. The van der Waals surface area contributed by atoms with E-state index in [4.69, 9.17) is 0 Å². The van der Waals surface area contributed by atoms with Crippen LogP contribution in [0.15, 0.2) is 0 Å². The minimum absolute atomic E-state index is 0. The van der Waals surface area contributed by atoms with Crippen molar-refractivity contribution < 1.29 is 42.0 Å². The van der Waals surface area contributed by atoms with Gasteiger partial charge in [-0.3, -0.25) is 0 Å². The van der Waals surface area contributed by atoms with Crippen LogP contribution in [-0.2, 0) is 21.7 Å². The van der Waals surface area contributed by atoms with Gasteiger partial charge in [-0.15, -0.1) is 0 Å². The molecule has 0 rings (SSSR count). The maximum absolute atomic E-state index is 0. The Morgan fingerprint density at radius 1 is 1.25 bits per heavy atom. The molecule has 0 nitrogen and oxygen atoms in total. The Kier molecular flexibility index (Phi) is 157. The van der Waals surface area contributed by atoms with Crippen molar-refractivity contribution in [2.45, 2.75) is 0 Å². The van der Waals surface area contributed by atoms with Gasteiger partial charge >= 0.3 is 18.9 Å². The Hall–Kier alpha value is 2.27. The Balaban J connectivity index is 0. The van der Waals surface area contributed by atoms with Crippen molar-refractivity contribution in [1.82, 2.24) is 0 Å². The van der Waals surface area contributed by atoms with E-state index in [1.165, 1.54) is 0 Å². The summed E-state index contributed by atoms with van der Waals surface area (Å²) in [4.78, 5) is 0. The average Bonchev–Trinajstić information content (AvgIpc) is 0. The van der Waals surface area contributed by atoms with E-state index in [2.05, 4.69) is 0 Å². The largest absolute Gasteiger partial charge is 1.00 e. The molecule has 0 saturated heterocycles. The average molecular weight is 120 g/mol. The molecule has 20 valence electrons. The molecule has 0 aliphatic carbocycles. The first-order chi connectivity index (χ1) is 0. The van der Waals surface area contributed by atoms with Gasteiger partial charge in [0.15, 0.2) is 17.4 Å². The molecule has 0 aromatic carbocycles. The third-order valence-electron chi connectivity index (χ3n) is 0. The topological polar surface area (TPSA) is 0 Å². The first-order valence-corrected chi connectivity index (χ1v) is 0. The van der Waals surface area contributed by atoms with Crippen LogP contribution in [0.2, 0.25) is 0 Å². The smallest absolute Gasteiger partial charge is 1.00 e. The zero-order chi connectivity index (χ0) is 0. The van der Waals surface area contributed by atoms with Gasteiger partial charge in [-0.2, -0.15) is 9.90 Å². The molecule has 0 N–H and O–H groups in total. The van der Waals surface area contributed by atoms with Gasteiger partial charge in [0.1, 0.15) is 0 Å². The second-order valence-electron chi connectivity index (χ2n) is 0. The third-order valence-corrected chi connectivity index (χ3v) is 0. The van der Waals surface area contributed by atoms with Crippen LogP contribution in [0.5, 0.6) is 0 Å². The summed E-state index contributed by atoms with van der Waals surface area (Å²) in [7, 11) is 0. The summed E-state index contributed by atoms with van der Waals surface area (Å²) >= 11 is 0. The summed E-state index contributed by atoms with van der Waals surface area (Å²) in [6, 6.07) is 0. The monoisotopic (exact) mass is 120 g/mol. The molecule has 4 heavy (non-hydrogen) atoms. The first kappa shape index (κ1) is 33.7. The Bertz CT molecular complexity index is 11.6. The van der Waals surface area contributed by atoms with E-state index < -0.39 is 0 Å². The van der Waals surface area contributed by atoms with Crippen molar-refractivity contribution in [3.8, 4) is 0 Å². The number of rotatable bonds is 0. The molecule has 0 aliphatic heterocycles. The summed E-state index contributed by atoms with van der Waals surface area (Å²) in [5.74, 6) is 0. The van der Waals surface area contributed by atoms with E-state index >= 15 is 0 Å². The molecule has 0 fully saturated rings. The SMILES string of the molecule is P.[AlH3].[H-].[Li+].[Ti]. The van der Waals surface area contributed by atoms with Crippen molar-refractivity contribution in [3.05, 3.63) is 0 Å². The summed E-state index contributed by atoms with van der Waals surface area (Å²) in [5, 5.41) is 0. The molecule has 0 radical (unpaired) electrons. The van der Waals surface area contributed by atoms with Crippen LogP contribution in [0.3, 0.4) is 0 Å². The maximum Gasteiger partial charge on any atom is 1.00 e. The van der Waals surface area contributed by atoms with Crippen molar-refractivity contribution in [2.75, 3.05) is 0 Å². The van der Waals surface area contributed by atoms with E-state index in [1.54, 1.807) is 0 Å². The Morgan fingerprint density at radius 2 is 1.25 bits per heavy atom. The quantitative estimate of drug-likeness (QED) is 0.225. The molecule has 0 aromatic rings. The van der Waals surface area contributed by atoms with Gasteiger partial charge in [0, 0.05) is 21.7 Å². The van der Waals surface area contributed by atoms with Gasteiger partial charge in [0.25, 0.3) is 0 Å². The molecule has 0 bridgehead atoms. The zero-order valence-electron chi connectivity index (χ0n) is 3.21. The fraction of sp³-hybridized carbons (Fsp3) is 0. The van der Waals surface area contributed by atoms with Crippen molar-refractivity contribution in [1.29, 1.82) is 0 Å². The van der Waals surface area contributed by atoms with Crippen LogP contribution in [0.1, 0.15) is 1.43 Å². The van der Waals surface area contributed by atoms with Crippen LogP contribution in [-0.4, -0.2) is 17.4 Å². The normalized spacial score (nSPS) is 0. The van der Waals surface area contributed by atoms with Crippen LogP contribution >= 0.6 is 9.90 Å². The van der Waals surface area contributed by atoms with Crippen LogP contribution < -0.4 is 18.9 Å². The Morgan fingerprint density at radius 3 is 1.25 bits per heavy atom. The molecule has 0 heterocycles. The standard InChI is InChI=1S/Al.Li.H3P.Ti.4H/h;;1H3;;;;;/q;+1;;;;;;-1. The van der Waals surface area contributed by atoms with Gasteiger partial charge in [-0.25, -0.2) is 0 Å². The van der Waals surface area contributed by atoms with Gasteiger partial charge in [-0.1, -0.05) is 0 Å². The van der Waals surface area contributed by atoms with E-state index in [1.807, 2.05) is 0 Å². The molecule has 0 saturated carbocycles. The summed E-state index contributed by atoms with van der Waals surface area (Å²) in [5.41, 5.74) is 0. The molecule has 1 atom stereocenters. The van der Waals surface area contributed by atoms with Gasteiger partial charge < -0.3 is 1.43 Å². The minimum atomic E-state index is 0. The van der Waals surface area contributed by atoms with E-state index in [9.17, 15) is 0 Å². The second-order valence-corrected chi connectivity index (χ2v) is 0.